The summed E-state index contributed by atoms with van der Waals surface area (Å²) in [5, 5.41) is 0. The molecule has 2 aliphatic heterocycles. The second-order valence-electron chi connectivity index (χ2n) is 5.86. The smallest absolute Gasteiger partial charge is 0.166 e. The van der Waals surface area contributed by atoms with Crippen LogP contribution in [0.4, 0.5) is 0 Å². The number of fused-ring (bicyclic) bond motifs is 2. The zero-order chi connectivity index (χ0) is 13.4. The molecule has 19 heavy (non-hydrogen) atoms. The maximum atomic E-state index is 12.7. The van der Waals surface area contributed by atoms with Gasteiger partial charge in [-0.3, -0.25) is 9.69 Å². The number of ether oxygens (including phenoxy) is 1. The topological polar surface area (TPSA) is 29.5 Å². The molecule has 2 heterocycles. The predicted molar refractivity (Wildman–Crippen MR) is 74.4 cm³/mol. The Kier molecular flexibility index (Phi) is 3.42. The number of carbonyl (C=O) groups excluding carboxylic acids is 1. The molecule has 0 saturated carbocycles. The first-order valence-electron chi connectivity index (χ1n) is 7.06. The lowest BCUT2D eigenvalue weighted by Gasteiger charge is -2.46. The van der Waals surface area contributed by atoms with Gasteiger partial charge in [-0.15, -0.1) is 0 Å². The van der Waals surface area contributed by atoms with Gasteiger partial charge in [0, 0.05) is 23.6 Å². The van der Waals surface area contributed by atoms with E-state index in [4.69, 9.17) is 4.74 Å². The Morgan fingerprint density at radius 3 is 2.47 bits per heavy atom. The van der Waals surface area contributed by atoms with Crippen LogP contribution in [0.2, 0.25) is 0 Å². The van der Waals surface area contributed by atoms with Crippen LogP contribution >= 0.6 is 0 Å². The van der Waals surface area contributed by atoms with Gasteiger partial charge in [0.25, 0.3) is 0 Å². The van der Waals surface area contributed by atoms with Gasteiger partial charge in [0.05, 0.1) is 13.2 Å². The number of piperidine rings is 1. The third-order valence-corrected chi connectivity index (χ3v) is 4.67. The van der Waals surface area contributed by atoms with Crippen molar-refractivity contribution < 1.29 is 9.53 Å². The van der Waals surface area contributed by atoms with E-state index in [1.807, 2.05) is 31.2 Å². The molecule has 0 spiro atoms. The molecule has 0 aliphatic carbocycles. The highest BCUT2D eigenvalue weighted by atomic mass is 16.5. The van der Waals surface area contributed by atoms with Gasteiger partial charge in [0.1, 0.15) is 0 Å². The Labute approximate surface area is 114 Å². The second-order valence-corrected chi connectivity index (χ2v) is 5.86. The number of benzene rings is 1. The monoisotopic (exact) mass is 259 g/mol. The Balaban J connectivity index is 1.80. The molecule has 1 aromatic rings. The number of rotatable bonds is 2. The predicted octanol–water partition coefficient (Wildman–Crippen LogP) is 2.29. The van der Waals surface area contributed by atoms with Crippen LogP contribution in [0.15, 0.2) is 24.3 Å². The van der Waals surface area contributed by atoms with E-state index in [9.17, 15) is 4.79 Å². The van der Waals surface area contributed by atoms with Gasteiger partial charge in [-0.05, 0) is 32.4 Å². The van der Waals surface area contributed by atoms with E-state index in [0.717, 1.165) is 37.2 Å². The Hall–Kier alpha value is -1.19. The van der Waals surface area contributed by atoms with Gasteiger partial charge in [-0.25, -0.2) is 0 Å². The minimum absolute atomic E-state index is 0.163. The van der Waals surface area contributed by atoms with E-state index in [2.05, 4.69) is 11.9 Å². The number of hydrogen-bond donors (Lipinski definition) is 0. The summed E-state index contributed by atoms with van der Waals surface area (Å²) in [7, 11) is 2.16. The molecule has 102 valence electrons. The van der Waals surface area contributed by atoms with E-state index in [0.29, 0.717) is 17.9 Å². The average Bonchev–Trinajstić information content (AvgIpc) is 2.38. The molecule has 3 heteroatoms. The van der Waals surface area contributed by atoms with Gasteiger partial charge in [-0.2, -0.15) is 0 Å². The highest BCUT2D eigenvalue weighted by Gasteiger charge is 2.39. The van der Waals surface area contributed by atoms with E-state index in [1.54, 1.807) is 0 Å². The molecule has 3 nitrogen and oxygen atoms in total. The summed E-state index contributed by atoms with van der Waals surface area (Å²) >= 11 is 0. The quantitative estimate of drug-likeness (QED) is 0.763. The lowest BCUT2D eigenvalue weighted by Crippen LogP contribution is -2.55. The molecule has 2 saturated heterocycles. The normalized spacial score (nSPS) is 31.2. The Morgan fingerprint density at radius 2 is 1.84 bits per heavy atom. The highest BCUT2D eigenvalue weighted by Crippen LogP contribution is 2.32. The van der Waals surface area contributed by atoms with E-state index in [-0.39, 0.29) is 5.92 Å². The summed E-state index contributed by atoms with van der Waals surface area (Å²) in [5.41, 5.74) is 1.99. The van der Waals surface area contributed by atoms with Crippen molar-refractivity contribution in [3.8, 4) is 0 Å². The lowest BCUT2D eigenvalue weighted by atomic mass is 9.80. The third-order valence-electron chi connectivity index (χ3n) is 4.67. The summed E-state index contributed by atoms with van der Waals surface area (Å²) in [6.45, 7) is 3.56. The fourth-order valence-electron chi connectivity index (χ4n) is 3.38. The number of carbonyl (C=O) groups is 1. The van der Waals surface area contributed by atoms with Crippen LogP contribution in [0.3, 0.4) is 0 Å². The van der Waals surface area contributed by atoms with Gasteiger partial charge in [0.2, 0.25) is 0 Å². The maximum Gasteiger partial charge on any atom is 0.166 e. The van der Waals surface area contributed by atoms with Crippen LogP contribution < -0.4 is 0 Å². The highest BCUT2D eigenvalue weighted by molar-refractivity contribution is 5.99. The molecule has 2 aliphatic rings. The van der Waals surface area contributed by atoms with Crippen LogP contribution in [0.5, 0.6) is 0 Å². The first kappa shape index (κ1) is 12.8. The van der Waals surface area contributed by atoms with Gasteiger partial charge in [0.15, 0.2) is 5.78 Å². The Morgan fingerprint density at radius 1 is 1.21 bits per heavy atom. The zero-order valence-electron chi connectivity index (χ0n) is 11.6. The van der Waals surface area contributed by atoms with Gasteiger partial charge >= 0.3 is 0 Å². The van der Waals surface area contributed by atoms with Crippen molar-refractivity contribution in [3.05, 3.63) is 35.4 Å². The molecule has 2 unspecified atom stereocenters. The lowest BCUT2D eigenvalue weighted by molar-refractivity contribution is -0.0702. The zero-order valence-corrected chi connectivity index (χ0v) is 11.6. The fraction of sp³-hybridized carbons (Fsp3) is 0.562. The second kappa shape index (κ2) is 5.06. The van der Waals surface area contributed by atoms with Crippen molar-refractivity contribution in [2.45, 2.75) is 31.8 Å². The summed E-state index contributed by atoms with van der Waals surface area (Å²) in [6, 6.07) is 8.74. The number of hydrogen-bond acceptors (Lipinski definition) is 3. The molecule has 3 rings (SSSR count). The molecule has 1 aromatic carbocycles. The minimum atomic E-state index is 0.163. The van der Waals surface area contributed by atoms with E-state index in [1.165, 1.54) is 0 Å². The molecule has 2 bridgehead atoms. The van der Waals surface area contributed by atoms with Crippen LogP contribution in [0.25, 0.3) is 0 Å². The molecular weight excluding hydrogens is 238 g/mol. The van der Waals surface area contributed by atoms with Crippen molar-refractivity contribution in [3.63, 3.8) is 0 Å². The average molecular weight is 259 g/mol. The molecule has 0 N–H and O–H groups in total. The summed E-state index contributed by atoms with van der Waals surface area (Å²) in [5.74, 6) is 0.485. The molecular formula is C16H21NO2. The van der Waals surface area contributed by atoms with Gasteiger partial charge < -0.3 is 4.74 Å². The molecule has 0 radical (unpaired) electrons. The minimum Gasteiger partial charge on any atom is -0.378 e. The van der Waals surface area contributed by atoms with Crippen LogP contribution in [0.1, 0.15) is 28.8 Å². The number of morpholine rings is 1. The van der Waals surface area contributed by atoms with Crippen LogP contribution in [-0.4, -0.2) is 43.0 Å². The van der Waals surface area contributed by atoms with Crippen LogP contribution in [-0.2, 0) is 4.74 Å². The molecule has 2 fully saturated rings. The SMILES string of the molecule is Cc1ccccc1C(=O)C1CC2COCC(C1)N2C. The van der Waals surface area contributed by atoms with Crippen molar-refractivity contribution in [1.82, 2.24) is 4.90 Å². The van der Waals surface area contributed by atoms with E-state index >= 15 is 0 Å². The third kappa shape index (κ3) is 2.33. The summed E-state index contributed by atoms with van der Waals surface area (Å²) in [4.78, 5) is 15.1. The van der Waals surface area contributed by atoms with Crippen molar-refractivity contribution in [2.75, 3.05) is 20.3 Å². The van der Waals surface area contributed by atoms with Crippen molar-refractivity contribution in [2.24, 2.45) is 5.92 Å². The largest absolute Gasteiger partial charge is 0.378 e. The number of ketones is 1. The van der Waals surface area contributed by atoms with Crippen LogP contribution in [0, 0.1) is 12.8 Å². The number of nitrogens with zero attached hydrogens (tertiary/aromatic N) is 1. The first-order chi connectivity index (χ1) is 9.16. The summed E-state index contributed by atoms with van der Waals surface area (Å²) < 4.78 is 5.61. The number of likely N-dealkylation sites (N-methyl/N-ethyl adjacent to an activating group) is 1. The molecule has 2 atom stereocenters. The first-order valence-corrected chi connectivity index (χ1v) is 7.06. The molecule has 0 aromatic heterocycles. The maximum absolute atomic E-state index is 12.7. The fourth-order valence-corrected chi connectivity index (χ4v) is 3.38. The van der Waals surface area contributed by atoms with Crippen molar-refractivity contribution >= 4 is 5.78 Å². The number of Topliss-reactive ketones (excluding diaryl/α,β-unsaturated/α-hetero) is 1. The number of aryl methyl sites for hydroxylation is 1. The van der Waals surface area contributed by atoms with E-state index < -0.39 is 0 Å². The molecule has 0 amide bonds. The van der Waals surface area contributed by atoms with Gasteiger partial charge in [-0.1, -0.05) is 24.3 Å². The standard InChI is InChI=1S/C16H21NO2/c1-11-5-3-4-6-15(11)16(18)12-7-13-9-19-10-14(8-12)17(13)2/h3-6,12-14H,7-10H2,1-2H3. The van der Waals surface area contributed by atoms with Crippen molar-refractivity contribution in [1.29, 1.82) is 0 Å². The Bertz CT molecular complexity index is 471. The summed E-state index contributed by atoms with van der Waals surface area (Å²) in [6.07, 6.45) is 1.86.